The van der Waals surface area contributed by atoms with E-state index in [0.717, 1.165) is 59.7 Å². The number of nitrogens with zero attached hydrogens (tertiary/aromatic N) is 5. The molecular weight excluding hydrogens is 462 g/mol. The fourth-order valence-corrected chi connectivity index (χ4v) is 5.25. The normalized spacial score (nSPS) is 16.0. The molecule has 2 aliphatic rings. The van der Waals surface area contributed by atoms with Gasteiger partial charge in [0.25, 0.3) is 0 Å². The lowest BCUT2D eigenvalue weighted by molar-refractivity contribution is -0.117. The highest BCUT2D eigenvalue weighted by Gasteiger charge is 2.30. The van der Waals surface area contributed by atoms with Crippen LogP contribution >= 0.6 is 0 Å². The minimum absolute atomic E-state index is 0.0559. The van der Waals surface area contributed by atoms with Crippen LogP contribution in [0.15, 0.2) is 67.1 Å². The molecule has 1 amide bonds. The average molecular weight is 494 g/mol. The molecule has 6 rings (SSSR count). The van der Waals surface area contributed by atoms with Crippen molar-refractivity contribution in [2.24, 2.45) is 0 Å². The summed E-state index contributed by atoms with van der Waals surface area (Å²) in [5.41, 5.74) is 6.38. The molecule has 0 bridgehead atoms. The number of rotatable bonds is 6. The Labute approximate surface area is 217 Å². The Morgan fingerprint density at radius 1 is 1.00 bits per heavy atom. The van der Waals surface area contributed by atoms with Crippen LogP contribution in [0.3, 0.4) is 0 Å². The van der Waals surface area contributed by atoms with Crippen molar-refractivity contribution in [2.75, 3.05) is 18.1 Å². The summed E-state index contributed by atoms with van der Waals surface area (Å²) in [5, 5.41) is 4.60. The molecule has 0 atom stereocenters. The molecule has 4 aromatic rings. The molecule has 0 spiro atoms. The third-order valence-electron chi connectivity index (χ3n) is 7.36. The number of aromatic nitrogens is 4. The first-order valence-corrected chi connectivity index (χ1v) is 13.0. The zero-order chi connectivity index (χ0) is 25.4. The molecule has 37 heavy (non-hydrogen) atoms. The second-order valence-electron chi connectivity index (χ2n) is 10.2. The van der Waals surface area contributed by atoms with E-state index in [-0.39, 0.29) is 5.91 Å². The van der Waals surface area contributed by atoms with Gasteiger partial charge in [-0.25, -0.2) is 9.97 Å². The van der Waals surface area contributed by atoms with Gasteiger partial charge in [-0.05, 0) is 35.4 Å². The molecule has 0 radical (unpaired) electrons. The molecule has 7 heteroatoms. The van der Waals surface area contributed by atoms with Gasteiger partial charge in [-0.2, -0.15) is 5.10 Å². The first kappa shape index (κ1) is 23.6. The molecule has 2 aromatic carbocycles. The zero-order valence-corrected chi connectivity index (χ0v) is 21.3. The van der Waals surface area contributed by atoms with Crippen molar-refractivity contribution in [2.45, 2.75) is 51.6 Å². The Kier molecular flexibility index (Phi) is 6.30. The van der Waals surface area contributed by atoms with Gasteiger partial charge in [0.2, 0.25) is 5.91 Å². The van der Waals surface area contributed by atoms with Crippen LogP contribution in [-0.4, -0.2) is 38.9 Å². The van der Waals surface area contributed by atoms with Crippen LogP contribution < -0.4 is 4.90 Å². The van der Waals surface area contributed by atoms with Crippen LogP contribution in [0.4, 0.5) is 5.82 Å². The van der Waals surface area contributed by atoms with E-state index in [9.17, 15) is 4.79 Å². The summed E-state index contributed by atoms with van der Waals surface area (Å²) in [5.74, 6) is 1.79. The summed E-state index contributed by atoms with van der Waals surface area (Å²) in [6.07, 6.45) is 8.20. The maximum Gasteiger partial charge on any atom is 0.233 e. The van der Waals surface area contributed by atoms with E-state index in [1.807, 2.05) is 24.5 Å². The summed E-state index contributed by atoms with van der Waals surface area (Å²) in [6.45, 7) is 6.41. The molecule has 2 aromatic heterocycles. The van der Waals surface area contributed by atoms with Crippen LogP contribution in [0.1, 0.15) is 55.3 Å². The fraction of sp³-hybridized carbons (Fsp3) is 0.333. The average Bonchev–Trinajstić information content (AvgIpc) is 3.54. The number of amides is 1. The van der Waals surface area contributed by atoms with Crippen molar-refractivity contribution in [3.63, 3.8) is 0 Å². The predicted octanol–water partition coefficient (Wildman–Crippen LogP) is 5.57. The van der Waals surface area contributed by atoms with Gasteiger partial charge in [-0.1, -0.05) is 62.4 Å². The van der Waals surface area contributed by atoms with Gasteiger partial charge in [0.15, 0.2) is 5.82 Å². The van der Waals surface area contributed by atoms with Gasteiger partial charge in [0.1, 0.15) is 5.82 Å². The van der Waals surface area contributed by atoms with Crippen molar-refractivity contribution in [1.82, 2.24) is 19.7 Å². The van der Waals surface area contributed by atoms with Gasteiger partial charge in [0.05, 0.1) is 25.2 Å². The second kappa shape index (κ2) is 9.90. The zero-order valence-electron chi connectivity index (χ0n) is 21.3. The quantitative estimate of drug-likeness (QED) is 0.351. The van der Waals surface area contributed by atoms with Gasteiger partial charge in [0, 0.05) is 42.3 Å². The topological polar surface area (TPSA) is 73.1 Å². The van der Waals surface area contributed by atoms with E-state index < -0.39 is 0 Å². The Morgan fingerprint density at radius 3 is 2.57 bits per heavy atom. The van der Waals surface area contributed by atoms with Crippen molar-refractivity contribution in [3.05, 3.63) is 83.8 Å². The summed E-state index contributed by atoms with van der Waals surface area (Å²) in [4.78, 5) is 24.2. The van der Waals surface area contributed by atoms with Gasteiger partial charge in [-0.15, -0.1) is 0 Å². The Bertz CT molecular complexity index is 1420. The highest BCUT2D eigenvalue weighted by molar-refractivity contribution is 6.00. The molecule has 0 unspecified atom stereocenters. The molecule has 0 saturated carbocycles. The lowest BCUT2D eigenvalue weighted by Crippen LogP contribution is -2.26. The fourth-order valence-electron chi connectivity index (χ4n) is 5.25. The predicted molar refractivity (Wildman–Crippen MR) is 143 cm³/mol. The van der Waals surface area contributed by atoms with E-state index in [1.54, 1.807) is 4.90 Å². The summed E-state index contributed by atoms with van der Waals surface area (Å²) in [7, 11) is 0. The maximum absolute atomic E-state index is 12.9. The molecule has 4 heterocycles. The third-order valence-corrected chi connectivity index (χ3v) is 7.36. The number of carbonyl (C=O) groups excluding carboxylic acids is 1. The maximum atomic E-state index is 12.9. The number of fused-ring (bicyclic) bond motifs is 1. The molecule has 188 valence electrons. The van der Waals surface area contributed by atoms with E-state index >= 15 is 0 Å². The number of hydrogen-bond acceptors (Lipinski definition) is 5. The Hall–Kier alpha value is -3.84. The standard InChI is InChI=1S/C30H31N5O2/c1-20(2)26-5-3-4-6-27(26)29-31-16-23-15-28(36)34(30(23)33-29)18-21-7-9-22(10-8-21)24-17-32-35(19-24)25-11-13-37-14-12-25/h3-10,16-17,19-20,25H,11-15,18H2,1-2H3. The Balaban J connectivity index is 1.22. The van der Waals surface area contributed by atoms with Crippen molar-refractivity contribution in [1.29, 1.82) is 0 Å². The third kappa shape index (κ3) is 4.67. The van der Waals surface area contributed by atoms with E-state index in [0.29, 0.717) is 30.7 Å². The Morgan fingerprint density at radius 2 is 1.78 bits per heavy atom. The summed E-state index contributed by atoms with van der Waals surface area (Å²) in [6, 6.07) is 17.0. The number of carbonyl (C=O) groups is 1. The largest absolute Gasteiger partial charge is 0.381 e. The molecule has 1 saturated heterocycles. The first-order chi connectivity index (χ1) is 18.1. The second-order valence-corrected chi connectivity index (χ2v) is 10.2. The summed E-state index contributed by atoms with van der Waals surface area (Å²) < 4.78 is 7.55. The summed E-state index contributed by atoms with van der Waals surface area (Å²) >= 11 is 0. The molecule has 1 fully saturated rings. The van der Waals surface area contributed by atoms with Crippen molar-refractivity contribution < 1.29 is 9.53 Å². The highest BCUT2D eigenvalue weighted by Crippen LogP contribution is 2.33. The van der Waals surface area contributed by atoms with E-state index in [2.05, 4.69) is 71.2 Å². The molecule has 7 nitrogen and oxygen atoms in total. The van der Waals surface area contributed by atoms with Crippen LogP contribution in [0.25, 0.3) is 22.5 Å². The lowest BCUT2D eigenvalue weighted by Gasteiger charge is -2.22. The van der Waals surface area contributed by atoms with Gasteiger partial charge in [-0.3, -0.25) is 14.4 Å². The van der Waals surface area contributed by atoms with Crippen LogP contribution in [0.2, 0.25) is 0 Å². The number of benzene rings is 2. The van der Waals surface area contributed by atoms with Crippen LogP contribution in [0.5, 0.6) is 0 Å². The number of ether oxygens (including phenoxy) is 1. The minimum Gasteiger partial charge on any atom is -0.381 e. The van der Waals surface area contributed by atoms with E-state index in [4.69, 9.17) is 9.72 Å². The van der Waals surface area contributed by atoms with Crippen molar-refractivity contribution in [3.8, 4) is 22.5 Å². The van der Waals surface area contributed by atoms with Gasteiger partial charge < -0.3 is 4.74 Å². The smallest absolute Gasteiger partial charge is 0.233 e. The monoisotopic (exact) mass is 493 g/mol. The SMILES string of the molecule is CC(C)c1ccccc1-c1ncc2c(n1)N(Cc1ccc(-c3cnn(C4CCOCC4)c3)cc1)C(=O)C2. The highest BCUT2D eigenvalue weighted by atomic mass is 16.5. The first-order valence-electron chi connectivity index (χ1n) is 13.0. The molecule has 0 aliphatic carbocycles. The van der Waals surface area contributed by atoms with Gasteiger partial charge >= 0.3 is 0 Å². The molecular formula is C30H31N5O2. The van der Waals surface area contributed by atoms with Crippen LogP contribution in [0, 0.1) is 0 Å². The lowest BCUT2D eigenvalue weighted by atomic mass is 9.97. The van der Waals surface area contributed by atoms with Crippen LogP contribution in [-0.2, 0) is 22.5 Å². The number of anilines is 1. The van der Waals surface area contributed by atoms with E-state index in [1.165, 1.54) is 5.56 Å². The minimum atomic E-state index is 0.0559. The molecule has 2 aliphatic heterocycles. The number of hydrogen-bond donors (Lipinski definition) is 0. The van der Waals surface area contributed by atoms with Crippen molar-refractivity contribution >= 4 is 11.7 Å². The molecule has 0 N–H and O–H groups in total.